The van der Waals surface area contributed by atoms with Gasteiger partial charge in [0.05, 0.1) is 6.26 Å². The third kappa shape index (κ3) is 4.48. The second-order valence-corrected chi connectivity index (χ2v) is 4.10. The number of aliphatic carboxylic acids is 1. The van der Waals surface area contributed by atoms with Crippen molar-refractivity contribution in [1.29, 1.82) is 0 Å². The molecule has 1 unspecified atom stereocenters. The molecule has 6 heteroatoms. The first kappa shape index (κ1) is 14.1. The van der Waals surface area contributed by atoms with Gasteiger partial charge >= 0.3 is 12.0 Å². The molecule has 18 heavy (non-hydrogen) atoms. The summed E-state index contributed by atoms with van der Waals surface area (Å²) in [5.41, 5.74) is 0. The maximum atomic E-state index is 11.5. The maximum absolute atomic E-state index is 11.5. The summed E-state index contributed by atoms with van der Waals surface area (Å²) >= 11 is 0. The summed E-state index contributed by atoms with van der Waals surface area (Å²) in [6.45, 7) is 3.52. The summed E-state index contributed by atoms with van der Waals surface area (Å²) in [6.07, 6.45) is 2.47. The molecule has 0 aliphatic carbocycles. The van der Waals surface area contributed by atoms with Gasteiger partial charge in [0.25, 0.3) is 0 Å². The van der Waals surface area contributed by atoms with Gasteiger partial charge in [-0.15, -0.1) is 0 Å². The minimum absolute atomic E-state index is 0.137. The summed E-state index contributed by atoms with van der Waals surface area (Å²) in [4.78, 5) is 22.3. The van der Waals surface area contributed by atoms with Crippen LogP contribution < -0.4 is 10.6 Å². The Balaban J connectivity index is 2.37. The third-order valence-corrected chi connectivity index (χ3v) is 2.48. The van der Waals surface area contributed by atoms with Crippen LogP contribution in [0, 0.1) is 0 Å². The topological polar surface area (TPSA) is 91.6 Å². The number of carboxylic acid groups (broad SMARTS) is 1. The van der Waals surface area contributed by atoms with Gasteiger partial charge in [-0.2, -0.15) is 0 Å². The molecular formula is C12H18N2O4. The predicted octanol–water partition coefficient (Wildman–Crippen LogP) is 1.37. The van der Waals surface area contributed by atoms with Crippen molar-refractivity contribution in [1.82, 2.24) is 10.6 Å². The molecule has 0 aliphatic heterocycles. The van der Waals surface area contributed by atoms with Crippen molar-refractivity contribution in [3.63, 3.8) is 0 Å². The lowest BCUT2D eigenvalue weighted by atomic mass is 10.2. The van der Waals surface area contributed by atoms with Crippen molar-refractivity contribution < 1.29 is 19.1 Å². The number of amides is 2. The molecular weight excluding hydrogens is 236 g/mol. The summed E-state index contributed by atoms with van der Waals surface area (Å²) in [5, 5.41) is 13.9. The van der Waals surface area contributed by atoms with Gasteiger partial charge in [-0.3, -0.25) is 0 Å². The van der Waals surface area contributed by atoms with Crippen LogP contribution in [0.4, 0.5) is 4.79 Å². The highest BCUT2D eigenvalue weighted by Gasteiger charge is 2.18. The smallest absolute Gasteiger partial charge is 0.326 e. The van der Waals surface area contributed by atoms with E-state index >= 15 is 0 Å². The number of nitrogens with one attached hydrogen (secondary N) is 2. The Labute approximate surface area is 105 Å². The fourth-order valence-electron chi connectivity index (χ4n) is 1.54. The van der Waals surface area contributed by atoms with Crippen LogP contribution in [-0.4, -0.2) is 29.2 Å². The molecule has 0 spiro atoms. The first-order valence-electron chi connectivity index (χ1n) is 5.85. The Hall–Kier alpha value is -1.98. The minimum Gasteiger partial charge on any atom is -0.480 e. The first-order valence-corrected chi connectivity index (χ1v) is 5.85. The monoisotopic (exact) mass is 254 g/mol. The second-order valence-electron chi connectivity index (χ2n) is 4.10. The molecule has 0 aromatic carbocycles. The van der Waals surface area contributed by atoms with Crippen molar-refractivity contribution in [3.8, 4) is 0 Å². The summed E-state index contributed by atoms with van der Waals surface area (Å²) in [5.74, 6) is -0.264. The standard InChI is InChI=1S/C12H18N2O4/c1-3-10(11(15)16)14-12(17)13-8(2)7-9-5-4-6-18-9/h4-6,8,10H,3,7H2,1-2H3,(H,15,16)(H2,13,14,17)/t8?,10-/m0/s1. The van der Waals surface area contributed by atoms with E-state index < -0.39 is 18.0 Å². The SMILES string of the molecule is CC[C@H](NC(=O)NC(C)Cc1ccco1)C(=O)O. The number of hydrogen-bond acceptors (Lipinski definition) is 3. The van der Waals surface area contributed by atoms with Gasteiger partial charge in [-0.05, 0) is 25.5 Å². The molecule has 0 saturated heterocycles. The van der Waals surface area contributed by atoms with E-state index in [0.29, 0.717) is 12.8 Å². The zero-order valence-corrected chi connectivity index (χ0v) is 10.5. The molecule has 100 valence electrons. The lowest BCUT2D eigenvalue weighted by molar-refractivity contribution is -0.139. The first-order chi connectivity index (χ1) is 8.52. The zero-order chi connectivity index (χ0) is 13.5. The van der Waals surface area contributed by atoms with Gasteiger partial charge in [-0.25, -0.2) is 9.59 Å². The van der Waals surface area contributed by atoms with E-state index in [9.17, 15) is 9.59 Å². The zero-order valence-electron chi connectivity index (χ0n) is 10.5. The molecule has 1 aromatic rings. The van der Waals surface area contributed by atoms with Crippen LogP contribution in [0.15, 0.2) is 22.8 Å². The van der Waals surface area contributed by atoms with E-state index in [2.05, 4.69) is 10.6 Å². The Morgan fingerprint density at radius 2 is 2.17 bits per heavy atom. The highest BCUT2D eigenvalue weighted by atomic mass is 16.4. The summed E-state index contributed by atoms with van der Waals surface area (Å²) in [6, 6.07) is 2.12. The van der Waals surface area contributed by atoms with Gasteiger partial charge in [-0.1, -0.05) is 6.92 Å². The number of carboxylic acids is 1. The van der Waals surface area contributed by atoms with Crippen molar-refractivity contribution >= 4 is 12.0 Å². The van der Waals surface area contributed by atoms with E-state index in [1.165, 1.54) is 0 Å². The van der Waals surface area contributed by atoms with Gasteiger partial charge < -0.3 is 20.2 Å². The molecule has 0 fully saturated rings. The molecule has 6 nitrogen and oxygen atoms in total. The Bertz CT molecular complexity index is 389. The Morgan fingerprint density at radius 1 is 1.44 bits per heavy atom. The molecule has 2 atom stereocenters. The number of hydrogen-bond donors (Lipinski definition) is 3. The molecule has 0 radical (unpaired) electrons. The van der Waals surface area contributed by atoms with Crippen LogP contribution >= 0.6 is 0 Å². The Morgan fingerprint density at radius 3 is 2.67 bits per heavy atom. The third-order valence-electron chi connectivity index (χ3n) is 2.48. The Kier molecular flexibility index (Phi) is 5.23. The fraction of sp³-hybridized carbons (Fsp3) is 0.500. The van der Waals surface area contributed by atoms with Crippen LogP contribution in [0.1, 0.15) is 26.0 Å². The number of carbonyl (C=O) groups excluding carboxylic acids is 1. The summed E-state index contributed by atoms with van der Waals surface area (Å²) < 4.78 is 5.16. The lowest BCUT2D eigenvalue weighted by Crippen LogP contribution is -2.48. The van der Waals surface area contributed by atoms with Crippen molar-refractivity contribution in [2.45, 2.75) is 38.8 Å². The highest BCUT2D eigenvalue weighted by molar-refractivity contribution is 5.82. The number of furan rings is 1. The normalized spacial score (nSPS) is 13.7. The molecule has 2 amide bonds. The van der Waals surface area contributed by atoms with Gasteiger partial charge in [0, 0.05) is 12.5 Å². The van der Waals surface area contributed by atoms with E-state index in [-0.39, 0.29) is 6.04 Å². The maximum Gasteiger partial charge on any atom is 0.326 e. The highest BCUT2D eigenvalue weighted by Crippen LogP contribution is 2.03. The minimum atomic E-state index is -1.04. The van der Waals surface area contributed by atoms with E-state index in [1.54, 1.807) is 19.3 Å². The van der Waals surface area contributed by atoms with Crippen LogP contribution in [-0.2, 0) is 11.2 Å². The predicted molar refractivity (Wildman–Crippen MR) is 65.3 cm³/mol. The number of urea groups is 1. The average Bonchev–Trinajstić information content (AvgIpc) is 2.77. The average molecular weight is 254 g/mol. The molecule has 1 aromatic heterocycles. The van der Waals surface area contributed by atoms with Crippen LogP contribution in [0.2, 0.25) is 0 Å². The van der Waals surface area contributed by atoms with Gasteiger partial charge in [0.2, 0.25) is 0 Å². The fourth-order valence-corrected chi connectivity index (χ4v) is 1.54. The molecule has 3 N–H and O–H groups in total. The largest absolute Gasteiger partial charge is 0.480 e. The van der Waals surface area contributed by atoms with Crippen LogP contribution in [0.25, 0.3) is 0 Å². The van der Waals surface area contributed by atoms with E-state index in [1.807, 2.05) is 13.0 Å². The van der Waals surface area contributed by atoms with Crippen LogP contribution in [0.5, 0.6) is 0 Å². The second kappa shape index (κ2) is 6.68. The van der Waals surface area contributed by atoms with Gasteiger partial charge in [0.1, 0.15) is 11.8 Å². The summed E-state index contributed by atoms with van der Waals surface area (Å²) in [7, 11) is 0. The molecule has 0 bridgehead atoms. The number of rotatable bonds is 6. The quantitative estimate of drug-likeness (QED) is 0.715. The molecule has 0 aliphatic rings. The molecule has 0 saturated carbocycles. The van der Waals surface area contributed by atoms with Gasteiger partial charge in [0.15, 0.2) is 0 Å². The number of carbonyl (C=O) groups is 2. The van der Waals surface area contributed by atoms with Crippen LogP contribution in [0.3, 0.4) is 0 Å². The van der Waals surface area contributed by atoms with Crippen molar-refractivity contribution in [2.75, 3.05) is 0 Å². The molecule has 1 rings (SSSR count). The lowest BCUT2D eigenvalue weighted by Gasteiger charge is -2.16. The molecule has 1 heterocycles. The van der Waals surface area contributed by atoms with E-state index in [0.717, 1.165) is 5.76 Å². The van der Waals surface area contributed by atoms with E-state index in [4.69, 9.17) is 9.52 Å². The van der Waals surface area contributed by atoms with Crippen molar-refractivity contribution in [3.05, 3.63) is 24.2 Å². The van der Waals surface area contributed by atoms with Crippen molar-refractivity contribution in [2.24, 2.45) is 0 Å².